The van der Waals surface area contributed by atoms with E-state index in [1.807, 2.05) is 13.8 Å². The molecule has 6 nitrogen and oxygen atoms in total. The number of hydrogen-bond acceptors (Lipinski definition) is 5. The second kappa shape index (κ2) is 10.5. The van der Waals surface area contributed by atoms with Crippen LogP contribution in [0.4, 0.5) is 0 Å². The Morgan fingerprint density at radius 2 is 1.73 bits per heavy atom. The zero-order valence-corrected chi connectivity index (χ0v) is 17.2. The van der Waals surface area contributed by atoms with Crippen LogP contribution < -0.4 is 5.32 Å². The van der Waals surface area contributed by atoms with E-state index in [0.29, 0.717) is 5.56 Å². The molecule has 0 heterocycles. The molecule has 26 heavy (non-hydrogen) atoms. The van der Waals surface area contributed by atoms with E-state index >= 15 is 0 Å². The van der Waals surface area contributed by atoms with Crippen molar-refractivity contribution in [3.8, 4) is 0 Å². The topological polar surface area (TPSA) is 101 Å². The Morgan fingerprint density at radius 1 is 1.15 bits per heavy atom. The molecule has 1 aromatic rings. The zero-order valence-electron chi connectivity index (χ0n) is 14.8. The molecule has 1 amide bonds. The van der Waals surface area contributed by atoms with Gasteiger partial charge in [0.05, 0.1) is 5.25 Å². The molecule has 0 bridgehead atoms. The minimum Gasteiger partial charge on any atom is -0.480 e. The maximum Gasteiger partial charge on any atom is 0.326 e. The van der Waals surface area contributed by atoms with E-state index in [1.165, 1.54) is 6.92 Å². The van der Waals surface area contributed by atoms with Crippen molar-refractivity contribution in [1.82, 2.24) is 5.32 Å². The molecule has 142 valence electrons. The monoisotopic (exact) mass is 443 g/mol. The smallest absolute Gasteiger partial charge is 0.326 e. The van der Waals surface area contributed by atoms with Gasteiger partial charge in [-0.3, -0.25) is 14.4 Å². The van der Waals surface area contributed by atoms with Crippen molar-refractivity contribution in [2.75, 3.05) is 0 Å². The highest BCUT2D eigenvalue weighted by atomic mass is 79.9. The summed E-state index contributed by atoms with van der Waals surface area (Å²) in [5.74, 6) is -1.95. The van der Waals surface area contributed by atoms with E-state index in [4.69, 9.17) is 0 Å². The lowest BCUT2D eigenvalue weighted by atomic mass is 10.0. The molecule has 2 N–H and O–H groups in total. The summed E-state index contributed by atoms with van der Waals surface area (Å²) in [5, 5.41) is 10.5. The first-order valence-electron chi connectivity index (χ1n) is 8.09. The molecule has 1 aromatic carbocycles. The maximum atomic E-state index is 12.6. The molecule has 0 saturated carbocycles. The van der Waals surface area contributed by atoms with Crippen molar-refractivity contribution in [2.24, 2.45) is 5.92 Å². The summed E-state index contributed by atoms with van der Waals surface area (Å²) in [6, 6.07) is 5.60. The van der Waals surface area contributed by atoms with E-state index in [-0.39, 0.29) is 29.7 Å². The van der Waals surface area contributed by atoms with Gasteiger partial charge in [0.2, 0.25) is 5.91 Å². The number of ketones is 1. The highest BCUT2D eigenvalue weighted by molar-refractivity contribution is 9.10. The van der Waals surface area contributed by atoms with Crippen molar-refractivity contribution >= 4 is 50.5 Å². The first kappa shape index (κ1) is 22.4. The van der Waals surface area contributed by atoms with Crippen LogP contribution >= 0.6 is 27.7 Å². The SMILES string of the molecule is CC(=O)SC(CC(=O)N[C@@H](CC(C)C)C(=O)O)C(=O)c1ccc(Br)cc1. The lowest BCUT2D eigenvalue weighted by Crippen LogP contribution is -2.43. The fourth-order valence-corrected chi connectivity index (χ4v) is 3.45. The van der Waals surface area contributed by atoms with Crippen molar-refractivity contribution in [3.05, 3.63) is 34.3 Å². The van der Waals surface area contributed by atoms with E-state index < -0.39 is 23.2 Å². The summed E-state index contributed by atoms with van der Waals surface area (Å²) in [6.07, 6.45) is 0.0211. The molecule has 8 heteroatoms. The first-order chi connectivity index (χ1) is 12.1. The van der Waals surface area contributed by atoms with Crippen LogP contribution in [0.15, 0.2) is 28.7 Å². The van der Waals surface area contributed by atoms with Crippen LogP contribution in [-0.2, 0) is 14.4 Å². The lowest BCUT2D eigenvalue weighted by Gasteiger charge is -2.19. The molecule has 0 spiro atoms. The van der Waals surface area contributed by atoms with E-state index in [9.17, 15) is 24.3 Å². The Kier molecular flexibility index (Phi) is 9.01. The Balaban J connectivity index is 2.87. The number of Topliss-reactive ketones (excluding diaryl/α,β-unsaturated/α-hetero) is 1. The molecular formula is C18H22BrNO5S. The molecule has 0 radical (unpaired) electrons. The van der Waals surface area contributed by atoms with Crippen molar-refractivity contribution in [2.45, 2.75) is 44.9 Å². The second-order valence-electron chi connectivity index (χ2n) is 6.26. The second-order valence-corrected chi connectivity index (χ2v) is 8.56. The summed E-state index contributed by atoms with van der Waals surface area (Å²) >= 11 is 4.06. The molecule has 2 atom stereocenters. The minimum atomic E-state index is -1.12. The van der Waals surface area contributed by atoms with Gasteiger partial charge in [-0.15, -0.1) is 0 Å². The number of carboxylic acid groups (broad SMARTS) is 1. The van der Waals surface area contributed by atoms with Gasteiger partial charge in [-0.05, 0) is 24.5 Å². The molecule has 0 aliphatic carbocycles. The predicted octanol–water partition coefficient (Wildman–Crippen LogP) is 3.29. The zero-order chi connectivity index (χ0) is 19.9. The van der Waals surface area contributed by atoms with Crippen LogP contribution in [0.25, 0.3) is 0 Å². The van der Waals surface area contributed by atoms with Crippen LogP contribution in [0.5, 0.6) is 0 Å². The van der Waals surface area contributed by atoms with Crippen LogP contribution in [0, 0.1) is 5.92 Å². The number of amides is 1. The largest absolute Gasteiger partial charge is 0.480 e. The third kappa shape index (κ3) is 7.70. The quantitative estimate of drug-likeness (QED) is 0.567. The third-order valence-corrected chi connectivity index (χ3v) is 4.97. The van der Waals surface area contributed by atoms with Gasteiger partial charge in [-0.1, -0.05) is 53.7 Å². The normalized spacial score (nSPS) is 13.1. The molecular weight excluding hydrogens is 422 g/mol. The van der Waals surface area contributed by atoms with Gasteiger partial charge < -0.3 is 10.4 Å². The molecule has 0 saturated heterocycles. The van der Waals surface area contributed by atoms with Gasteiger partial charge in [0.25, 0.3) is 0 Å². The molecule has 0 aliphatic heterocycles. The first-order valence-corrected chi connectivity index (χ1v) is 9.76. The van der Waals surface area contributed by atoms with E-state index in [0.717, 1.165) is 16.2 Å². The number of benzene rings is 1. The van der Waals surface area contributed by atoms with Gasteiger partial charge >= 0.3 is 5.97 Å². The van der Waals surface area contributed by atoms with Gasteiger partial charge in [0.1, 0.15) is 6.04 Å². The van der Waals surface area contributed by atoms with Crippen LogP contribution in [0.3, 0.4) is 0 Å². The van der Waals surface area contributed by atoms with E-state index in [2.05, 4.69) is 21.2 Å². The fourth-order valence-electron chi connectivity index (χ4n) is 2.30. The minimum absolute atomic E-state index is 0.0863. The average molecular weight is 444 g/mol. The van der Waals surface area contributed by atoms with Gasteiger partial charge in [-0.2, -0.15) is 0 Å². The lowest BCUT2D eigenvalue weighted by molar-refractivity contribution is -0.142. The Bertz CT molecular complexity index is 675. The average Bonchev–Trinajstić information content (AvgIpc) is 2.52. The maximum absolute atomic E-state index is 12.6. The van der Waals surface area contributed by atoms with Crippen molar-refractivity contribution < 1.29 is 24.3 Å². The summed E-state index contributed by atoms with van der Waals surface area (Å²) in [5.41, 5.74) is 0.386. The molecule has 0 aromatic heterocycles. The van der Waals surface area contributed by atoms with Crippen LogP contribution in [-0.4, -0.2) is 39.2 Å². The summed E-state index contributed by atoms with van der Waals surface area (Å²) in [6.45, 7) is 5.03. The summed E-state index contributed by atoms with van der Waals surface area (Å²) < 4.78 is 0.806. The highest BCUT2D eigenvalue weighted by Gasteiger charge is 2.28. The Hall–Kier alpha value is -1.67. The Labute approximate surface area is 165 Å². The molecule has 0 aliphatic rings. The molecule has 0 fully saturated rings. The van der Waals surface area contributed by atoms with Crippen molar-refractivity contribution in [1.29, 1.82) is 0 Å². The van der Waals surface area contributed by atoms with Crippen molar-refractivity contribution in [3.63, 3.8) is 0 Å². The van der Waals surface area contributed by atoms with Crippen LogP contribution in [0.1, 0.15) is 44.0 Å². The summed E-state index contributed by atoms with van der Waals surface area (Å²) in [7, 11) is 0. The number of hydrogen-bond donors (Lipinski definition) is 2. The highest BCUT2D eigenvalue weighted by Crippen LogP contribution is 2.22. The number of halogens is 1. The van der Waals surface area contributed by atoms with Gasteiger partial charge in [0, 0.05) is 23.4 Å². The number of nitrogens with one attached hydrogen (secondary N) is 1. The van der Waals surface area contributed by atoms with Crippen LogP contribution in [0.2, 0.25) is 0 Å². The predicted molar refractivity (Wildman–Crippen MR) is 104 cm³/mol. The number of carboxylic acids is 1. The number of aliphatic carboxylic acids is 1. The molecule has 1 unspecified atom stereocenters. The third-order valence-electron chi connectivity index (χ3n) is 3.44. The number of rotatable bonds is 9. The number of thioether (sulfide) groups is 1. The van der Waals surface area contributed by atoms with Gasteiger partial charge in [0.15, 0.2) is 10.9 Å². The van der Waals surface area contributed by atoms with Gasteiger partial charge in [-0.25, -0.2) is 4.79 Å². The fraction of sp³-hybridized carbons (Fsp3) is 0.444. The molecule has 1 rings (SSSR count). The number of carbonyl (C=O) groups is 4. The van der Waals surface area contributed by atoms with E-state index in [1.54, 1.807) is 24.3 Å². The standard InChI is InChI=1S/C18H22BrNO5S/c1-10(2)8-14(18(24)25)20-16(22)9-15(26-11(3)21)17(23)12-4-6-13(19)7-5-12/h4-7,10,14-15H,8-9H2,1-3H3,(H,20,22)(H,24,25)/t14-,15?/m0/s1. The number of carbonyl (C=O) groups excluding carboxylic acids is 3. The Morgan fingerprint density at radius 3 is 2.19 bits per heavy atom. The summed E-state index contributed by atoms with van der Waals surface area (Å²) in [4.78, 5) is 47.7.